The SMILES string of the molecule is CC1CC(C)C(c2cn(C)c(N)nc2=O)C1. The average Bonchev–Trinajstić information content (AvgIpc) is 2.51. The Morgan fingerprint density at radius 2 is 2.12 bits per heavy atom. The molecule has 0 radical (unpaired) electrons. The zero-order valence-electron chi connectivity index (χ0n) is 10.1. The fourth-order valence-electron chi connectivity index (χ4n) is 2.83. The summed E-state index contributed by atoms with van der Waals surface area (Å²) in [6.45, 7) is 4.45. The highest BCUT2D eigenvalue weighted by Crippen LogP contribution is 2.41. The molecule has 1 aliphatic rings. The van der Waals surface area contributed by atoms with Crippen LogP contribution in [0.4, 0.5) is 5.95 Å². The summed E-state index contributed by atoms with van der Waals surface area (Å²) in [5.41, 5.74) is 6.28. The predicted octanol–water partition coefficient (Wildman–Crippen LogP) is 1.51. The van der Waals surface area contributed by atoms with E-state index in [-0.39, 0.29) is 11.5 Å². The van der Waals surface area contributed by atoms with Gasteiger partial charge in [-0.15, -0.1) is 0 Å². The molecule has 0 amide bonds. The van der Waals surface area contributed by atoms with Crippen molar-refractivity contribution in [3.63, 3.8) is 0 Å². The number of aryl methyl sites for hydroxylation is 1. The van der Waals surface area contributed by atoms with E-state index in [1.807, 2.05) is 13.2 Å². The minimum Gasteiger partial charge on any atom is -0.369 e. The first-order chi connectivity index (χ1) is 7.49. The lowest BCUT2D eigenvalue weighted by Crippen LogP contribution is -2.22. The van der Waals surface area contributed by atoms with E-state index in [0.29, 0.717) is 17.8 Å². The first-order valence-electron chi connectivity index (χ1n) is 5.82. The Bertz CT molecular complexity index is 452. The number of nitrogens with zero attached hydrogens (tertiary/aromatic N) is 2. The maximum Gasteiger partial charge on any atom is 0.277 e. The van der Waals surface area contributed by atoms with Gasteiger partial charge in [-0.3, -0.25) is 4.79 Å². The molecule has 3 unspecified atom stereocenters. The van der Waals surface area contributed by atoms with Gasteiger partial charge in [0.25, 0.3) is 5.56 Å². The molecular weight excluding hydrogens is 202 g/mol. The van der Waals surface area contributed by atoms with Crippen LogP contribution in [0, 0.1) is 11.8 Å². The molecule has 1 heterocycles. The molecule has 3 atom stereocenters. The van der Waals surface area contributed by atoms with E-state index in [0.717, 1.165) is 12.0 Å². The van der Waals surface area contributed by atoms with Crippen LogP contribution in [0.5, 0.6) is 0 Å². The number of hydrogen-bond donors (Lipinski definition) is 1. The lowest BCUT2D eigenvalue weighted by molar-refractivity contribution is 0.519. The number of rotatable bonds is 1. The highest BCUT2D eigenvalue weighted by molar-refractivity contribution is 5.23. The fraction of sp³-hybridized carbons (Fsp3) is 0.667. The van der Waals surface area contributed by atoms with Crippen LogP contribution < -0.4 is 11.3 Å². The Balaban J connectivity index is 2.41. The summed E-state index contributed by atoms with van der Waals surface area (Å²) in [5, 5.41) is 0. The van der Waals surface area contributed by atoms with E-state index in [1.165, 1.54) is 6.42 Å². The molecule has 4 heteroatoms. The van der Waals surface area contributed by atoms with Gasteiger partial charge in [0, 0.05) is 18.8 Å². The zero-order chi connectivity index (χ0) is 11.9. The van der Waals surface area contributed by atoms with Crippen molar-refractivity contribution < 1.29 is 0 Å². The van der Waals surface area contributed by atoms with Crippen LogP contribution in [-0.4, -0.2) is 9.55 Å². The van der Waals surface area contributed by atoms with E-state index in [1.54, 1.807) is 4.57 Å². The molecule has 0 aromatic carbocycles. The van der Waals surface area contributed by atoms with Crippen LogP contribution in [0.25, 0.3) is 0 Å². The molecule has 0 bridgehead atoms. The third-order valence-corrected chi connectivity index (χ3v) is 3.67. The molecule has 1 aromatic rings. The molecule has 2 N–H and O–H groups in total. The topological polar surface area (TPSA) is 60.9 Å². The van der Waals surface area contributed by atoms with Crippen molar-refractivity contribution in [3.05, 3.63) is 22.1 Å². The zero-order valence-corrected chi connectivity index (χ0v) is 10.1. The van der Waals surface area contributed by atoms with Gasteiger partial charge >= 0.3 is 0 Å². The number of aromatic nitrogens is 2. The van der Waals surface area contributed by atoms with Crippen molar-refractivity contribution in [2.45, 2.75) is 32.6 Å². The van der Waals surface area contributed by atoms with Gasteiger partial charge in [-0.05, 0) is 30.6 Å². The number of hydrogen-bond acceptors (Lipinski definition) is 3. The van der Waals surface area contributed by atoms with Crippen molar-refractivity contribution in [1.82, 2.24) is 9.55 Å². The van der Waals surface area contributed by atoms with Crippen LogP contribution >= 0.6 is 0 Å². The van der Waals surface area contributed by atoms with E-state index in [2.05, 4.69) is 18.8 Å². The van der Waals surface area contributed by atoms with Crippen molar-refractivity contribution in [3.8, 4) is 0 Å². The van der Waals surface area contributed by atoms with Crippen molar-refractivity contribution in [2.24, 2.45) is 18.9 Å². The lowest BCUT2D eigenvalue weighted by atomic mass is 9.92. The lowest BCUT2D eigenvalue weighted by Gasteiger charge is -2.15. The fourth-order valence-corrected chi connectivity index (χ4v) is 2.83. The van der Waals surface area contributed by atoms with Crippen molar-refractivity contribution in [2.75, 3.05) is 5.73 Å². The minimum absolute atomic E-state index is 0.151. The number of nitrogens with two attached hydrogens (primary N) is 1. The Kier molecular flexibility index (Phi) is 2.74. The van der Waals surface area contributed by atoms with Gasteiger partial charge in [-0.1, -0.05) is 13.8 Å². The minimum atomic E-state index is -0.151. The summed E-state index contributed by atoms with van der Waals surface area (Å²) in [4.78, 5) is 15.7. The molecule has 0 saturated heterocycles. The van der Waals surface area contributed by atoms with Crippen LogP contribution in [0.1, 0.15) is 38.2 Å². The van der Waals surface area contributed by atoms with Crippen LogP contribution in [0.2, 0.25) is 0 Å². The van der Waals surface area contributed by atoms with Crippen molar-refractivity contribution in [1.29, 1.82) is 0 Å². The van der Waals surface area contributed by atoms with Gasteiger partial charge in [0.05, 0.1) is 0 Å². The van der Waals surface area contributed by atoms with E-state index in [4.69, 9.17) is 5.73 Å². The molecule has 1 aromatic heterocycles. The molecular formula is C12H19N3O. The Morgan fingerprint density at radius 3 is 2.69 bits per heavy atom. The second-order valence-electron chi connectivity index (χ2n) is 5.13. The largest absolute Gasteiger partial charge is 0.369 e. The predicted molar refractivity (Wildman–Crippen MR) is 64.2 cm³/mol. The van der Waals surface area contributed by atoms with E-state index < -0.39 is 0 Å². The maximum absolute atomic E-state index is 11.8. The third kappa shape index (κ3) is 1.84. The molecule has 4 nitrogen and oxygen atoms in total. The van der Waals surface area contributed by atoms with Crippen molar-refractivity contribution >= 4 is 5.95 Å². The van der Waals surface area contributed by atoms with Crippen LogP contribution in [0.15, 0.2) is 11.0 Å². The molecule has 1 saturated carbocycles. The van der Waals surface area contributed by atoms with Gasteiger partial charge in [0.15, 0.2) is 0 Å². The van der Waals surface area contributed by atoms with Crippen LogP contribution in [0.3, 0.4) is 0 Å². The molecule has 16 heavy (non-hydrogen) atoms. The van der Waals surface area contributed by atoms with Gasteiger partial charge < -0.3 is 10.3 Å². The van der Waals surface area contributed by atoms with Gasteiger partial charge in [0.1, 0.15) is 0 Å². The second-order valence-corrected chi connectivity index (χ2v) is 5.13. The quantitative estimate of drug-likeness (QED) is 0.782. The average molecular weight is 221 g/mol. The van der Waals surface area contributed by atoms with E-state index >= 15 is 0 Å². The molecule has 0 spiro atoms. The third-order valence-electron chi connectivity index (χ3n) is 3.67. The second kappa shape index (κ2) is 3.92. The summed E-state index contributed by atoms with van der Waals surface area (Å²) in [7, 11) is 1.83. The standard InChI is InChI=1S/C12H19N3O/c1-7-4-8(2)9(5-7)10-6-15(3)12(13)14-11(10)16/h6-9H,4-5H2,1-3H3,(H2,13,14,16). The molecule has 1 aliphatic carbocycles. The van der Waals surface area contributed by atoms with Gasteiger partial charge in [0.2, 0.25) is 5.95 Å². The summed E-state index contributed by atoms with van der Waals surface area (Å²) < 4.78 is 1.73. The smallest absolute Gasteiger partial charge is 0.277 e. The van der Waals surface area contributed by atoms with Gasteiger partial charge in [-0.25, -0.2) is 0 Å². The van der Waals surface area contributed by atoms with Crippen LogP contribution in [-0.2, 0) is 7.05 Å². The normalized spacial score (nSPS) is 29.6. The molecule has 1 fully saturated rings. The molecule has 2 rings (SSSR count). The monoisotopic (exact) mass is 221 g/mol. The number of anilines is 1. The molecule has 88 valence electrons. The molecule has 0 aliphatic heterocycles. The summed E-state index contributed by atoms with van der Waals surface area (Å²) in [6, 6.07) is 0. The highest BCUT2D eigenvalue weighted by Gasteiger charge is 2.31. The Hall–Kier alpha value is -1.32. The first-order valence-corrected chi connectivity index (χ1v) is 5.82. The van der Waals surface area contributed by atoms with Gasteiger partial charge in [-0.2, -0.15) is 4.98 Å². The highest BCUT2D eigenvalue weighted by atomic mass is 16.1. The summed E-state index contributed by atoms with van der Waals surface area (Å²) >= 11 is 0. The summed E-state index contributed by atoms with van der Waals surface area (Å²) in [6.07, 6.45) is 4.13. The summed E-state index contributed by atoms with van der Waals surface area (Å²) in [5.74, 6) is 1.89. The Labute approximate surface area is 95.5 Å². The number of nitrogen functional groups attached to an aromatic ring is 1. The van der Waals surface area contributed by atoms with E-state index in [9.17, 15) is 4.79 Å². The first kappa shape index (κ1) is 11.2. The maximum atomic E-state index is 11.8. The Morgan fingerprint density at radius 1 is 1.44 bits per heavy atom.